The van der Waals surface area contributed by atoms with Crippen LogP contribution in [-0.4, -0.2) is 11.2 Å². The van der Waals surface area contributed by atoms with Gasteiger partial charge in [-0.25, -0.2) is 4.98 Å². The van der Waals surface area contributed by atoms with Crippen LogP contribution in [0.2, 0.25) is 0 Å². The van der Waals surface area contributed by atoms with Crippen LogP contribution in [0, 0.1) is 6.92 Å². The number of nitrogens with one attached hydrogen (secondary N) is 1. The second-order valence-corrected chi connectivity index (χ2v) is 6.93. The molecule has 1 aromatic heterocycles. The zero-order valence-corrected chi connectivity index (χ0v) is 15.5. The topological polar surface area (TPSA) is 46.5 Å². The van der Waals surface area contributed by atoms with Crippen molar-refractivity contribution in [3.05, 3.63) is 75.2 Å². The molecular weight excluding hydrogens is 386 g/mol. The summed E-state index contributed by atoms with van der Waals surface area (Å²) in [4.78, 5) is 4.29. The first-order valence-corrected chi connectivity index (χ1v) is 9.05. The van der Waals surface area contributed by atoms with E-state index >= 15 is 0 Å². The molecule has 0 bridgehead atoms. The van der Waals surface area contributed by atoms with E-state index in [1.54, 1.807) is 6.21 Å². The highest BCUT2D eigenvalue weighted by Crippen LogP contribution is 2.17. The summed E-state index contributed by atoms with van der Waals surface area (Å²) >= 11 is 5.00. The van der Waals surface area contributed by atoms with E-state index < -0.39 is 0 Å². The summed E-state index contributed by atoms with van der Waals surface area (Å²) in [5.41, 5.74) is 5.99. The van der Waals surface area contributed by atoms with E-state index in [9.17, 15) is 0 Å². The van der Waals surface area contributed by atoms with Crippen LogP contribution in [0.5, 0.6) is 5.75 Å². The number of halogens is 1. The first-order valence-electron chi connectivity index (χ1n) is 7.37. The highest BCUT2D eigenvalue weighted by Gasteiger charge is 1.99. The third-order valence-corrected chi connectivity index (χ3v) is 4.50. The summed E-state index contributed by atoms with van der Waals surface area (Å²) < 4.78 is 6.89. The number of hydrogen-bond donors (Lipinski definition) is 1. The van der Waals surface area contributed by atoms with Crippen LogP contribution in [0.1, 0.15) is 16.8 Å². The highest BCUT2D eigenvalue weighted by atomic mass is 79.9. The lowest BCUT2D eigenvalue weighted by molar-refractivity contribution is 0.306. The minimum absolute atomic E-state index is 0.524. The van der Waals surface area contributed by atoms with Crippen molar-refractivity contribution in [1.82, 2.24) is 4.98 Å². The smallest absolute Gasteiger partial charge is 0.203 e. The van der Waals surface area contributed by atoms with E-state index in [2.05, 4.69) is 31.4 Å². The Morgan fingerprint density at radius 1 is 1.25 bits per heavy atom. The number of thiazole rings is 1. The van der Waals surface area contributed by atoms with Crippen molar-refractivity contribution >= 4 is 38.6 Å². The number of rotatable bonds is 6. The van der Waals surface area contributed by atoms with Crippen LogP contribution in [0.15, 0.2) is 63.5 Å². The van der Waals surface area contributed by atoms with Crippen LogP contribution >= 0.6 is 27.3 Å². The van der Waals surface area contributed by atoms with Crippen molar-refractivity contribution < 1.29 is 4.74 Å². The van der Waals surface area contributed by atoms with Gasteiger partial charge >= 0.3 is 0 Å². The van der Waals surface area contributed by atoms with Gasteiger partial charge in [-0.15, -0.1) is 11.3 Å². The van der Waals surface area contributed by atoms with Gasteiger partial charge < -0.3 is 4.74 Å². The van der Waals surface area contributed by atoms with Gasteiger partial charge in [-0.3, -0.25) is 5.43 Å². The molecule has 0 amide bonds. The van der Waals surface area contributed by atoms with E-state index in [0.717, 1.165) is 32.2 Å². The molecule has 0 unspecified atom stereocenters. The Labute approximate surface area is 153 Å². The Balaban J connectivity index is 1.59. The number of anilines is 1. The average molecular weight is 402 g/mol. The minimum Gasteiger partial charge on any atom is -0.489 e. The molecule has 24 heavy (non-hydrogen) atoms. The van der Waals surface area contributed by atoms with Crippen LogP contribution in [-0.2, 0) is 6.61 Å². The van der Waals surface area contributed by atoms with Gasteiger partial charge in [0.05, 0.1) is 11.9 Å². The van der Waals surface area contributed by atoms with E-state index in [1.807, 2.05) is 60.8 Å². The molecule has 0 spiro atoms. The first-order chi connectivity index (χ1) is 11.7. The number of ether oxygens (including phenoxy) is 1. The van der Waals surface area contributed by atoms with Gasteiger partial charge in [-0.1, -0.05) is 40.2 Å². The van der Waals surface area contributed by atoms with Crippen molar-refractivity contribution in [1.29, 1.82) is 0 Å². The second kappa shape index (κ2) is 8.08. The van der Waals surface area contributed by atoms with Gasteiger partial charge in [0.1, 0.15) is 12.4 Å². The zero-order valence-electron chi connectivity index (χ0n) is 13.1. The molecule has 0 saturated heterocycles. The lowest BCUT2D eigenvalue weighted by atomic mass is 10.2. The van der Waals surface area contributed by atoms with Crippen LogP contribution < -0.4 is 10.2 Å². The Morgan fingerprint density at radius 2 is 2.12 bits per heavy atom. The fraction of sp³-hybridized carbons (Fsp3) is 0.111. The summed E-state index contributed by atoms with van der Waals surface area (Å²) in [5.74, 6) is 0.809. The number of benzene rings is 2. The molecule has 3 rings (SSSR count). The molecule has 6 heteroatoms. The van der Waals surface area contributed by atoms with Gasteiger partial charge in [0.2, 0.25) is 5.13 Å². The maximum Gasteiger partial charge on any atom is 0.203 e. The Hall–Kier alpha value is -2.18. The number of nitrogens with zero attached hydrogens (tertiary/aromatic N) is 2. The van der Waals surface area contributed by atoms with Crippen molar-refractivity contribution in [3.63, 3.8) is 0 Å². The average Bonchev–Trinajstić information content (AvgIpc) is 2.99. The quantitative estimate of drug-likeness (QED) is 0.453. The van der Waals surface area contributed by atoms with Crippen molar-refractivity contribution in [2.24, 2.45) is 5.10 Å². The molecule has 3 aromatic rings. The number of hydrazone groups is 1. The number of aryl methyl sites for hydroxylation is 1. The molecule has 122 valence electrons. The molecule has 4 nitrogen and oxygen atoms in total. The lowest BCUT2D eigenvalue weighted by Crippen LogP contribution is -1.96. The fourth-order valence-electron chi connectivity index (χ4n) is 2.05. The van der Waals surface area contributed by atoms with Gasteiger partial charge in [0.25, 0.3) is 0 Å². The third kappa shape index (κ3) is 4.91. The predicted molar refractivity (Wildman–Crippen MR) is 103 cm³/mol. The largest absolute Gasteiger partial charge is 0.489 e. The predicted octanol–water partition coefficient (Wildman–Crippen LogP) is 5.24. The van der Waals surface area contributed by atoms with E-state index in [4.69, 9.17) is 4.74 Å². The van der Waals surface area contributed by atoms with Gasteiger partial charge in [0, 0.05) is 9.85 Å². The van der Waals surface area contributed by atoms with E-state index in [-0.39, 0.29) is 0 Å². The summed E-state index contributed by atoms with van der Waals surface area (Å²) in [6.45, 7) is 2.48. The molecule has 0 aliphatic carbocycles. The molecule has 1 N–H and O–H groups in total. The molecule has 0 aliphatic heterocycles. The van der Waals surface area contributed by atoms with Gasteiger partial charge in [-0.05, 0) is 42.3 Å². The molecule has 0 radical (unpaired) electrons. The lowest BCUT2D eigenvalue weighted by Gasteiger charge is -2.07. The van der Waals surface area contributed by atoms with E-state index in [0.29, 0.717) is 6.61 Å². The Bertz CT molecular complexity index is 848. The SMILES string of the molecule is Cc1csc(NN=Cc2cccc(OCc3cccc(Br)c3)c2)n1. The number of hydrogen-bond acceptors (Lipinski definition) is 5. The molecule has 1 heterocycles. The maximum atomic E-state index is 5.84. The van der Waals surface area contributed by atoms with Gasteiger partial charge in [-0.2, -0.15) is 5.10 Å². The molecular formula is C18H16BrN3OS. The Morgan fingerprint density at radius 3 is 2.92 bits per heavy atom. The molecule has 2 aromatic carbocycles. The first kappa shape index (κ1) is 16.7. The summed E-state index contributed by atoms with van der Waals surface area (Å²) in [6.07, 6.45) is 1.75. The Kier molecular flexibility index (Phi) is 5.61. The summed E-state index contributed by atoms with van der Waals surface area (Å²) in [5, 5.41) is 6.97. The third-order valence-electron chi connectivity index (χ3n) is 3.15. The highest BCUT2D eigenvalue weighted by molar-refractivity contribution is 9.10. The van der Waals surface area contributed by atoms with Crippen molar-refractivity contribution in [3.8, 4) is 5.75 Å². The maximum absolute atomic E-state index is 5.84. The molecule has 0 aliphatic rings. The molecule has 0 fully saturated rings. The monoisotopic (exact) mass is 401 g/mol. The van der Waals surface area contributed by atoms with E-state index in [1.165, 1.54) is 11.3 Å². The van der Waals surface area contributed by atoms with Gasteiger partial charge in [0.15, 0.2) is 0 Å². The van der Waals surface area contributed by atoms with Crippen LogP contribution in [0.3, 0.4) is 0 Å². The normalized spacial score (nSPS) is 10.9. The summed E-state index contributed by atoms with van der Waals surface area (Å²) in [6, 6.07) is 15.9. The molecule has 0 atom stereocenters. The van der Waals surface area contributed by atoms with Crippen LogP contribution in [0.4, 0.5) is 5.13 Å². The minimum atomic E-state index is 0.524. The standard InChI is InChI=1S/C18H16BrN3OS/c1-13-12-24-18(21-13)22-20-10-14-4-3-7-17(9-14)23-11-15-5-2-6-16(19)8-15/h2-10,12H,11H2,1H3,(H,21,22). The fourth-order valence-corrected chi connectivity index (χ4v) is 3.13. The zero-order chi connectivity index (χ0) is 16.8. The second-order valence-electron chi connectivity index (χ2n) is 5.16. The summed E-state index contributed by atoms with van der Waals surface area (Å²) in [7, 11) is 0. The van der Waals surface area contributed by atoms with Crippen molar-refractivity contribution in [2.75, 3.05) is 5.43 Å². The number of aromatic nitrogens is 1. The van der Waals surface area contributed by atoms with Crippen molar-refractivity contribution in [2.45, 2.75) is 13.5 Å². The van der Waals surface area contributed by atoms with Crippen LogP contribution in [0.25, 0.3) is 0 Å². The molecule has 0 saturated carbocycles.